The van der Waals surface area contributed by atoms with Crippen molar-refractivity contribution in [2.45, 2.75) is 18.2 Å². The van der Waals surface area contributed by atoms with Gasteiger partial charge in [0.25, 0.3) is 5.60 Å². The summed E-state index contributed by atoms with van der Waals surface area (Å²) in [4.78, 5) is 4.87. The number of halogens is 5. The Kier molecular flexibility index (Phi) is 4.92. The smallest absolute Gasteiger partial charge is 0.374 e. The molecule has 1 unspecified atom stereocenters. The molecule has 1 aromatic carbocycles. The van der Waals surface area contributed by atoms with Gasteiger partial charge in [-0.05, 0) is 23.8 Å². The number of allylic oxidation sites excluding steroid dienone is 4. The van der Waals surface area contributed by atoms with Crippen molar-refractivity contribution in [3.63, 3.8) is 0 Å². The number of hydrogen-bond donors (Lipinski definition) is 0. The van der Waals surface area contributed by atoms with E-state index in [9.17, 15) is 13.2 Å². The van der Waals surface area contributed by atoms with E-state index in [0.717, 1.165) is 0 Å². The Balaban J connectivity index is 2.52. The lowest BCUT2D eigenvalue weighted by Crippen LogP contribution is -2.42. The molecule has 0 N–H and O–H groups in total. The first-order valence-corrected chi connectivity index (χ1v) is 7.23. The lowest BCUT2D eigenvalue weighted by molar-refractivity contribution is -0.275. The highest BCUT2D eigenvalue weighted by atomic mass is 35.5. The van der Waals surface area contributed by atoms with Crippen LogP contribution in [-0.4, -0.2) is 11.9 Å². The number of benzene rings is 1. The van der Waals surface area contributed by atoms with Gasteiger partial charge in [-0.2, -0.15) is 13.2 Å². The quantitative estimate of drug-likeness (QED) is 0.618. The van der Waals surface area contributed by atoms with E-state index in [4.69, 9.17) is 28.0 Å². The van der Waals surface area contributed by atoms with Gasteiger partial charge in [-0.25, -0.2) is 0 Å². The number of hydrogen-bond acceptors (Lipinski definition) is 2. The van der Waals surface area contributed by atoms with Crippen LogP contribution >= 0.6 is 23.2 Å². The SMILES string of the molecule is C=C/C=C(\C=C)C1=NOC(c2cc(Cl)cc(Cl)c2)(C(F)(F)F)C1. The van der Waals surface area contributed by atoms with E-state index in [2.05, 4.69) is 18.3 Å². The Morgan fingerprint density at radius 2 is 1.83 bits per heavy atom. The van der Waals surface area contributed by atoms with E-state index in [0.29, 0.717) is 5.57 Å². The Morgan fingerprint density at radius 1 is 1.22 bits per heavy atom. The molecule has 1 aliphatic heterocycles. The number of rotatable bonds is 4. The molecular formula is C16H12Cl2F3NO. The minimum Gasteiger partial charge on any atom is -0.374 e. The van der Waals surface area contributed by atoms with Gasteiger partial charge in [-0.15, -0.1) is 0 Å². The molecule has 0 saturated carbocycles. The summed E-state index contributed by atoms with van der Waals surface area (Å²) in [5.74, 6) is 0. The van der Waals surface area contributed by atoms with Crippen LogP contribution in [0, 0.1) is 0 Å². The largest absolute Gasteiger partial charge is 0.435 e. The molecule has 2 nitrogen and oxygen atoms in total. The molecule has 0 aromatic heterocycles. The fourth-order valence-electron chi connectivity index (χ4n) is 2.25. The van der Waals surface area contributed by atoms with Crippen LogP contribution < -0.4 is 0 Å². The molecule has 0 fully saturated rings. The first-order chi connectivity index (χ1) is 10.7. The third kappa shape index (κ3) is 3.31. The molecule has 1 aliphatic rings. The second-order valence-electron chi connectivity index (χ2n) is 4.85. The predicted octanol–water partition coefficient (Wildman–Crippen LogP) is 5.83. The van der Waals surface area contributed by atoms with E-state index in [1.54, 1.807) is 0 Å². The zero-order valence-corrected chi connectivity index (χ0v) is 13.3. The van der Waals surface area contributed by atoms with E-state index < -0.39 is 18.2 Å². The molecule has 1 aromatic rings. The summed E-state index contributed by atoms with van der Waals surface area (Å²) in [6, 6.07) is 3.69. The average Bonchev–Trinajstić information content (AvgIpc) is 2.89. The molecule has 2 rings (SSSR count). The van der Waals surface area contributed by atoms with Crippen LogP contribution in [0.3, 0.4) is 0 Å². The van der Waals surface area contributed by atoms with Crippen molar-refractivity contribution in [3.8, 4) is 0 Å². The van der Waals surface area contributed by atoms with Gasteiger partial charge in [0, 0.05) is 22.0 Å². The minimum atomic E-state index is -4.72. The number of alkyl halides is 3. The maximum atomic E-state index is 13.7. The lowest BCUT2D eigenvalue weighted by Gasteiger charge is -2.29. The summed E-state index contributed by atoms with van der Waals surface area (Å²) in [6.45, 7) is 7.07. The van der Waals surface area contributed by atoms with Crippen molar-refractivity contribution in [3.05, 3.63) is 70.8 Å². The number of nitrogens with zero attached hydrogens (tertiary/aromatic N) is 1. The third-order valence-electron chi connectivity index (χ3n) is 3.37. The molecule has 0 aliphatic carbocycles. The Morgan fingerprint density at radius 3 is 2.30 bits per heavy atom. The molecular weight excluding hydrogens is 350 g/mol. The standard InChI is InChI=1S/C16H12Cl2F3NO/c1-3-5-10(4-2)14-9-15(23-22-14,16(19,20)21)11-6-12(17)8-13(18)7-11/h3-8H,1-2,9H2/b10-5+. The summed E-state index contributed by atoms with van der Waals surface area (Å²) in [7, 11) is 0. The van der Waals surface area contributed by atoms with Gasteiger partial charge < -0.3 is 4.84 Å². The highest BCUT2D eigenvalue weighted by molar-refractivity contribution is 6.34. The zero-order chi connectivity index (χ0) is 17.3. The van der Waals surface area contributed by atoms with Crippen LogP contribution in [0.4, 0.5) is 13.2 Å². The summed E-state index contributed by atoms with van der Waals surface area (Å²) < 4.78 is 41.2. The summed E-state index contributed by atoms with van der Waals surface area (Å²) in [5, 5.41) is 3.77. The van der Waals surface area contributed by atoms with Crippen molar-refractivity contribution in [2.75, 3.05) is 0 Å². The number of oxime groups is 1. The zero-order valence-electron chi connectivity index (χ0n) is 11.8. The van der Waals surface area contributed by atoms with Crippen LogP contribution in [0.15, 0.2) is 60.3 Å². The second kappa shape index (κ2) is 6.42. The van der Waals surface area contributed by atoms with Gasteiger partial charge in [-0.3, -0.25) is 0 Å². The molecule has 122 valence electrons. The van der Waals surface area contributed by atoms with Crippen LogP contribution in [0.5, 0.6) is 0 Å². The third-order valence-corrected chi connectivity index (χ3v) is 3.80. The van der Waals surface area contributed by atoms with E-state index in [1.807, 2.05) is 0 Å². The normalized spacial score (nSPS) is 21.6. The summed E-state index contributed by atoms with van der Waals surface area (Å²) in [5.41, 5.74) is -2.32. The monoisotopic (exact) mass is 361 g/mol. The average molecular weight is 362 g/mol. The maximum absolute atomic E-state index is 13.7. The highest BCUT2D eigenvalue weighted by Crippen LogP contribution is 2.49. The summed E-state index contributed by atoms with van der Waals surface area (Å²) in [6.07, 6.45) is -0.900. The van der Waals surface area contributed by atoms with Crippen LogP contribution in [0.25, 0.3) is 0 Å². The minimum absolute atomic E-state index is 0.0822. The second-order valence-corrected chi connectivity index (χ2v) is 5.72. The topological polar surface area (TPSA) is 21.6 Å². The van der Waals surface area contributed by atoms with E-state index in [1.165, 1.54) is 36.4 Å². The van der Waals surface area contributed by atoms with Crippen molar-refractivity contribution in [2.24, 2.45) is 5.16 Å². The Labute approximate surface area is 141 Å². The molecule has 0 radical (unpaired) electrons. The van der Waals surface area contributed by atoms with E-state index in [-0.39, 0.29) is 21.3 Å². The predicted molar refractivity (Wildman–Crippen MR) is 85.8 cm³/mol. The van der Waals surface area contributed by atoms with Gasteiger partial charge in [0.05, 0.1) is 5.71 Å². The molecule has 0 saturated heterocycles. The van der Waals surface area contributed by atoms with Gasteiger partial charge in [0.1, 0.15) is 0 Å². The molecule has 0 bridgehead atoms. The molecule has 1 heterocycles. The highest BCUT2D eigenvalue weighted by Gasteiger charge is 2.62. The molecule has 23 heavy (non-hydrogen) atoms. The molecule has 1 atom stereocenters. The molecule has 0 spiro atoms. The molecule has 0 amide bonds. The van der Waals surface area contributed by atoms with Gasteiger partial charge in [-0.1, -0.05) is 59.7 Å². The van der Waals surface area contributed by atoms with Crippen molar-refractivity contribution < 1.29 is 18.0 Å². The van der Waals surface area contributed by atoms with Gasteiger partial charge in [0.2, 0.25) is 0 Å². The fraction of sp³-hybridized carbons (Fsp3) is 0.188. The Hall–Kier alpha value is -1.72. The maximum Gasteiger partial charge on any atom is 0.435 e. The van der Waals surface area contributed by atoms with Crippen molar-refractivity contribution in [1.29, 1.82) is 0 Å². The van der Waals surface area contributed by atoms with E-state index >= 15 is 0 Å². The fourth-order valence-corrected chi connectivity index (χ4v) is 2.78. The first kappa shape index (κ1) is 17.6. The van der Waals surface area contributed by atoms with Gasteiger partial charge in [0.15, 0.2) is 0 Å². The molecule has 7 heteroatoms. The van der Waals surface area contributed by atoms with Crippen molar-refractivity contribution in [1.82, 2.24) is 0 Å². The Bertz CT molecular complexity index is 690. The van der Waals surface area contributed by atoms with Crippen LogP contribution in [-0.2, 0) is 10.4 Å². The lowest BCUT2D eigenvalue weighted by atomic mass is 9.86. The van der Waals surface area contributed by atoms with Crippen molar-refractivity contribution >= 4 is 28.9 Å². The van der Waals surface area contributed by atoms with Crippen LogP contribution in [0.2, 0.25) is 10.0 Å². The van der Waals surface area contributed by atoms with Crippen LogP contribution in [0.1, 0.15) is 12.0 Å². The van der Waals surface area contributed by atoms with Gasteiger partial charge >= 0.3 is 6.18 Å². The summed E-state index contributed by atoms with van der Waals surface area (Å²) >= 11 is 11.7. The first-order valence-electron chi connectivity index (χ1n) is 6.47.